The van der Waals surface area contributed by atoms with Crippen molar-refractivity contribution in [3.05, 3.63) is 35.2 Å². The quantitative estimate of drug-likeness (QED) is 0.134. The third-order valence-corrected chi connectivity index (χ3v) is 8.97. The zero-order valence-electron chi connectivity index (χ0n) is 28.1. The lowest BCUT2D eigenvalue weighted by Gasteiger charge is -2.26. The molecule has 47 heavy (non-hydrogen) atoms. The van der Waals surface area contributed by atoms with Gasteiger partial charge in [0, 0.05) is 22.9 Å². The van der Waals surface area contributed by atoms with Crippen LogP contribution in [-0.4, -0.2) is 83.6 Å². The lowest BCUT2D eigenvalue weighted by Crippen LogP contribution is -2.31. The van der Waals surface area contributed by atoms with Gasteiger partial charge in [0.15, 0.2) is 0 Å². The number of aromatic nitrogens is 3. The molecular formula is C33H44N4O8S2. The number of rotatable bonds is 9. The standard InChI is InChI=1S/C33H44N4O8S2/c1-32(2,3)44-30(38)36-25-19-23(42-17-11-16-35-14-9-8-10-15-35)13-12-22(25)18-26(36)28-29-27(20-24(46-29)21-43-47(7,40)41)37(34-28)31(39)45-33(4,5)6/h12-13,18-20H,8-11,14-17,21H2,1-7H3. The first kappa shape index (κ1) is 34.9. The third kappa shape index (κ3) is 8.92. The second-order valence-electron chi connectivity index (χ2n) is 13.8. The maximum absolute atomic E-state index is 13.8. The summed E-state index contributed by atoms with van der Waals surface area (Å²) >= 11 is 1.21. The minimum atomic E-state index is -3.71. The normalized spacial score (nSPS) is 15.0. The highest BCUT2D eigenvalue weighted by molar-refractivity contribution is 7.85. The number of piperidine rings is 1. The number of nitrogens with zero attached hydrogens (tertiary/aromatic N) is 4. The van der Waals surface area contributed by atoms with Gasteiger partial charge >= 0.3 is 12.2 Å². The summed E-state index contributed by atoms with van der Waals surface area (Å²) < 4.78 is 49.2. The van der Waals surface area contributed by atoms with Gasteiger partial charge in [-0.25, -0.2) is 14.2 Å². The molecule has 1 aliphatic rings. The number of ether oxygens (including phenoxy) is 3. The summed E-state index contributed by atoms with van der Waals surface area (Å²) in [6.45, 7) is 14.2. The van der Waals surface area contributed by atoms with E-state index in [1.165, 1.54) is 35.2 Å². The zero-order valence-corrected chi connectivity index (χ0v) is 29.8. The molecule has 12 nitrogen and oxygen atoms in total. The van der Waals surface area contributed by atoms with Crippen LogP contribution in [0.5, 0.6) is 5.75 Å². The molecule has 1 saturated heterocycles. The number of likely N-dealkylation sites (tertiary alicyclic amines) is 1. The van der Waals surface area contributed by atoms with Crippen molar-refractivity contribution in [3.8, 4) is 17.1 Å². The van der Waals surface area contributed by atoms with Gasteiger partial charge in [0.05, 0.1) is 34.3 Å². The third-order valence-electron chi connectivity index (χ3n) is 7.32. The van der Waals surface area contributed by atoms with Gasteiger partial charge in [0.2, 0.25) is 0 Å². The molecule has 14 heteroatoms. The predicted molar refractivity (Wildman–Crippen MR) is 182 cm³/mol. The van der Waals surface area contributed by atoms with Crippen LogP contribution < -0.4 is 4.74 Å². The first-order valence-electron chi connectivity index (χ1n) is 15.8. The lowest BCUT2D eigenvalue weighted by molar-refractivity contribution is 0.0520. The Labute approximate surface area is 279 Å². The number of hydrogen-bond acceptors (Lipinski definition) is 11. The monoisotopic (exact) mass is 688 g/mol. The van der Waals surface area contributed by atoms with E-state index in [4.69, 9.17) is 18.4 Å². The van der Waals surface area contributed by atoms with Crippen molar-refractivity contribution >= 4 is 54.8 Å². The van der Waals surface area contributed by atoms with Crippen LogP contribution >= 0.6 is 11.3 Å². The summed E-state index contributed by atoms with van der Waals surface area (Å²) in [4.78, 5) is 30.2. The molecule has 0 saturated carbocycles. The SMILES string of the molecule is CC(C)(C)OC(=O)n1nc(-c2cc3ccc(OCCCN4CCCCC4)cc3n2C(=O)OC(C)(C)C)c2sc(COS(C)(=O)=O)cc21. The number of carbonyl (C=O) groups excluding carboxylic acids is 2. The van der Waals surface area contributed by atoms with E-state index in [9.17, 15) is 18.0 Å². The molecule has 0 unspecified atom stereocenters. The fourth-order valence-corrected chi connectivity index (χ4v) is 6.87. The van der Waals surface area contributed by atoms with E-state index in [1.54, 1.807) is 47.6 Å². The molecule has 1 aliphatic heterocycles. The van der Waals surface area contributed by atoms with E-state index in [-0.39, 0.29) is 6.61 Å². The van der Waals surface area contributed by atoms with Crippen molar-refractivity contribution in [1.29, 1.82) is 0 Å². The van der Waals surface area contributed by atoms with E-state index < -0.39 is 33.5 Å². The molecule has 5 rings (SSSR count). The molecule has 0 aliphatic carbocycles. The van der Waals surface area contributed by atoms with Gasteiger partial charge in [0.1, 0.15) is 29.3 Å². The first-order chi connectivity index (χ1) is 22.0. The summed E-state index contributed by atoms with van der Waals surface area (Å²) in [7, 11) is -3.71. The molecule has 1 aromatic carbocycles. The van der Waals surface area contributed by atoms with Gasteiger partial charge in [-0.2, -0.15) is 18.2 Å². The first-order valence-corrected chi connectivity index (χ1v) is 18.4. The van der Waals surface area contributed by atoms with Crippen LogP contribution in [-0.2, 0) is 30.4 Å². The number of hydrogen-bond donors (Lipinski definition) is 0. The lowest BCUT2D eigenvalue weighted by atomic mass is 10.1. The van der Waals surface area contributed by atoms with Gasteiger partial charge in [-0.3, -0.25) is 4.18 Å². The summed E-state index contributed by atoms with van der Waals surface area (Å²) in [5, 5.41) is 5.38. The van der Waals surface area contributed by atoms with E-state index >= 15 is 0 Å². The molecule has 0 spiro atoms. The average Bonchev–Trinajstić information content (AvgIpc) is 3.64. The molecule has 3 aromatic heterocycles. The van der Waals surface area contributed by atoms with Crippen molar-refractivity contribution in [3.63, 3.8) is 0 Å². The molecule has 1 fully saturated rings. The predicted octanol–water partition coefficient (Wildman–Crippen LogP) is 7.02. The van der Waals surface area contributed by atoms with E-state index in [0.29, 0.717) is 44.4 Å². The zero-order chi connectivity index (χ0) is 34.1. The number of fused-ring (bicyclic) bond motifs is 2. The topological polar surface area (TPSA) is 131 Å². The summed E-state index contributed by atoms with van der Waals surface area (Å²) in [5.41, 5.74) is 0.0695. The number of thiophene rings is 1. The number of carbonyl (C=O) groups is 2. The highest BCUT2D eigenvalue weighted by Crippen LogP contribution is 2.39. The molecule has 0 amide bonds. The molecular weight excluding hydrogens is 645 g/mol. The van der Waals surface area contributed by atoms with Crippen molar-refractivity contribution in [2.45, 2.75) is 85.0 Å². The van der Waals surface area contributed by atoms with Crippen molar-refractivity contribution in [2.75, 3.05) is 32.5 Å². The Morgan fingerprint density at radius 1 is 0.915 bits per heavy atom. The van der Waals surface area contributed by atoms with Crippen LogP contribution in [0.25, 0.3) is 32.5 Å². The smallest absolute Gasteiger partial charge is 0.435 e. The van der Waals surface area contributed by atoms with Gasteiger partial charge in [-0.15, -0.1) is 11.3 Å². The Hall–Kier alpha value is -3.46. The van der Waals surface area contributed by atoms with Crippen LogP contribution in [0.15, 0.2) is 30.3 Å². The van der Waals surface area contributed by atoms with Crippen molar-refractivity contribution in [1.82, 2.24) is 19.2 Å². The Morgan fingerprint density at radius 3 is 2.26 bits per heavy atom. The molecule has 0 bridgehead atoms. The maximum atomic E-state index is 13.8. The molecule has 0 atom stereocenters. The average molecular weight is 689 g/mol. The van der Waals surface area contributed by atoms with E-state index in [1.807, 2.05) is 24.3 Å². The second-order valence-corrected chi connectivity index (χ2v) is 16.6. The summed E-state index contributed by atoms with van der Waals surface area (Å²) in [6, 6.07) is 9.01. The highest BCUT2D eigenvalue weighted by Gasteiger charge is 2.29. The Morgan fingerprint density at radius 2 is 1.60 bits per heavy atom. The highest BCUT2D eigenvalue weighted by atomic mass is 32.2. The Kier molecular flexibility index (Phi) is 10.1. The van der Waals surface area contributed by atoms with Gasteiger partial charge in [0.25, 0.3) is 10.1 Å². The second kappa shape index (κ2) is 13.6. The van der Waals surface area contributed by atoms with Gasteiger partial charge in [-0.1, -0.05) is 6.42 Å². The number of benzene rings is 1. The Balaban J connectivity index is 1.56. The molecule has 4 heterocycles. The van der Waals surface area contributed by atoms with Crippen molar-refractivity contribution < 1.29 is 36.4 Å². The van der Waals surface area contributed by atoms with Gasteiger partial charge in [-0.05, 0) is 98.2 Å². The van der Waals surface area contributed by atoms with Crippen LogP contribution in [0.1, 0.15) is 72.1 Å². The van der Waals surface area contributed by atoms with E-state index in [2.05, 4.69) is 10.00 Å². The molecule has 256 valence electrons. The van der Waals surface area contributed by atoms with Crippen LogP contribution in [0.2, 0.25) is 0 Å². The molecule has 4 aromatic rings. The summed E-state index contributed by atoms with van der Waals surface area (Å²) in [6.07, 6.45) is 4.30. The maximum Gasteiger partial charge on any atom is 0.435 e. The van der Waals surface area contributed by atoms with Crippen LogP contribution in [0, 0.1) is 0 Å². The van der Waals surface area contributed by atoms with Crippen molar-refractivity contribution in [2.24, 2.45) is 0 Å². The van der Waals surface area contributed by atoms with Gasteiger partial charge < -0.3 is 19.1 Å². The van der Waals surface area contributed by atoms with E-state index in [0.717, 1.165) is 42.4 Å². The molecule has 0 radical (unpaired) electrons. The largest absolute Gasteiger partial charge is 0.493 e. The fraction of sp³-hybridized carbons (Fsp3) is 0.545. The minimum Gasteiger partial charge on any atom is -0.493 e. The Bertz CT molecular complexity index is 1870. The summed E-state index contributed by atoms with van der Waals surface area (Å²) in [5.74, 6) is 0.617. The fourth-order valence-electron chi connectivity index (χ4n) is 5.42. The molecule has 0 N–H and O–H groups in total. The van der Waals surface area contributed by atoms with Crippen LogP contribution in [0.3, 0.4) is 0 Å². The minimum absolute atomic E-state index is 0.223. The van der Waals surface area contributed by atoms with Crippen LogP contribution in [0.4, 0.5) is 9.59 Å².